The molecule has 0 spiro atoms. The van der Waals surface area contributed by atoms with Gasteiger partial charge in [0.05, 0.1) is 31.5 Å². The van der Waals surface area contributed by atoms with Crippen molar-refractivity contribution in [2.24, 2.45) is 0 Å². The first-order chi connectivity index (χ1) is 10.5. The average Bonchev–Trinajstić information content (AvgIpc) is 2.53. The molecule has 2 fully saturated rings. The van der Waals surface area contributed by atoms with Crippen molar-refractivity contribution in [3.8, 4) is 0 Å². The first-order valence-electron chi connectivity index (χ1n) is 7.69. The van der Waals surface area contributed by atoms with Crippen molar-refractivity contribution in [3.05, 3.63) is 0 Å². The highest BCUT2D eigenvalue weighted by atomic mass is 16.6. The van der Waals surface area contributed by atoms with Crippen LogP contribution in [0.25, 0.3) is 0 Å². The molecule has 8 heteroatoms. The van der Waals surface area contributed by atoms with E-state index in [-0.39, 0.29) is 25.2 Å². The molecule has 4 unspecified atom stereocenters. The van der Waals surface area contributed by atoms with Gasteiger partial charge in [0.15, 0.2) is 6.29 Å². The molecule has 2 aliphatic heterocycles. The molecule has 2 heterocycles. The van der Waals surface area contributed by atoms with Gasteiger partial charge in [0.2, 0.25) is 0 Å². The summed E-state index contributed by atoms with van der Waals surface area (Å²) in [6.45, 7) is 4.19. The third kappa shape index (κ3) is 7.80. The zero-order valence-corrected chi connectivity index (χ0v) is 13.2. The van der Waals surface area contributed by atoms with Gasteiger partial charge < -0.3 is 40.1 Å². The monoisotopic (exact) mass is 326 g/mol. The number of aliphatic hydroxyl groups excluding tert-OH is 6. The minimum absolute atomic E-state index is 0.0162. The SMILES string of the molecule is CC.OCC1CC(O)CCO1.OCC1O[C@H](O)CC(O)[C@@H]1O. The maximum Gasteiger partial charge on any atom is 0.157 e. The Morgan fingerprint density at radius 1 is 0.955 bits per heavy atom. The van der Waals surface area contributed by atoms with Gasteiger partial charge in [0.1, 0.15) is 12.2 Å². The fraction of sp³-hybridized carbons (Fsp3) is 1.00. The molecule has 134 valence electrons. The zero-order chi connectivity index (χ0) is 17.1. The molecule has 2 saturated heterocycles. The second-order valence-electron chi connectivity index (χ2n) is 4.96. The molecule has 0 amide bonds. The van der Waals surface area contributed by atoms with Gasteiger partial charge in [-0.05, 0) is 6.42 Å². The predicted octanol–water partition coefficient (Wildman–Crippen LogP) is -1.65. The minimum Gasteiger partial charge on any atom is -0.394 e. The number of ether oxygens (including phenoxy) is 2. The largest absolute Gasteiger partial charge is 0.394 e. The number of aliphatic hydroxyl groups is 6. The highest BCUT2D eigenvalue weighted by Crippen LogP contribution is 2.18. The third-order valence-corrected chi connectivity index (χ3v) is 3.27. The standard InChI is InChI=1S/C6H12O5.C6H12O3.C2H6/c7-2-4-6(10)3(8)1-5(9)11-4;7-4-6-3-5(8)1-2-9-6;1-2/h3-10H,1-2H2;5-8H,1-4H2;1-2H3/t3?,4?,5-,6-;;/m0../s1. The second-order valence-corrected chi connectivity index (χ2v) is 4.96. The van der Waals surface area contributed by atoms with E-state index in [1.54, 1.807) is 0 Å². The van der Waals surface area contributed by atoms with Gasteiger partial charge in [-0.25, -0.2) is 0 Å². The molecule has 0 bridgehead atoms. The van der Waals surface area contributed by atoms with Crippen LogP contribution in [-0.4, -0.2) is 87.3 Å². The van der Waals surface area contributed by atoms with Crippen LogP contribution in [0.4, 0.5) is 0 Å². The normalized spacial score (nSPS) is 38.2. The smallest absolute Gasteiger partial charge is 0.157 e. The van der Waals surface area contributed by atoms with Crippen LogP contribution in [0.1, 0.15) is 33.1 Å². The van der Waals surface area contributed by atoms with E-state index in [1.165, 1.54) is 0 Å². The maximum atomic E-state index is 9.11. The average molecular weight is 326 g/mol. The lowest BCUT2D eigenvalue weighted by Gasteiger charge is -2.33. The Kier molecular flexibility index (Phi) is 12.0. The quantitative estimate of drug-likeness (QED) is 0.355. The Hall–Kier alpha value is -0.320. The summed E-state index contributed by atoms with van der Waals surface area (Å²) in [5.41, 5.74) is 0. The van der Waals surface area contributed by atoms with Gasteiger partial charge in [-0.15, -0.1) is 0 Å². The highest BCUT2D eigenvalue weighted by molar-refractivity contribution is 4.81. The fourth-order valence-electron chi connectivity index (χ4n) is 2.07. The molecule has 0 radical (unpaired) electrons. The summed E-state index contributed by atoms with van der Waals surface area (Å²) in [4.78, 5) is 0. The summed E-state index contributed by atoms with van der Waals surface area (Å²) < 4.78 is 9.80. The zero-order valence-electron chi connectivity index (χ0n) is 13.2. The van der Waals surface area contributed by atoms with E-state index in [9.17, 15) is 0 Å². The summed E-state index contributed by atoms with van der Waals surface area (Å²) in [5, 5.41) is 53.2. The molecule has 2 rings (SSSR count). The molecule has 22 heavy (non-hydrogen) atoms. The van der Waals surface area contributed by atoms with Crippen molar-refractivity contribution in [2.45, 2.75) is 69.9 Å². The summed E-state index contributed by atoms with van der Waals surface area (Å²) in [7, 11) is 0. The number of hydrogen-bond donors (Lipinski definition) is 6. The van der Waals surface area contributed by atoms with Gasteiger partial charge in [-0.3, -0.25) is 0 Å². The molecule has 0 aromatic rings. The lowest BCUT2D eigenvalue weighted by molar-refractivity contribution is -0.239. The van der Waals surface area contributed by atoms with Crippen molar-refractivity contribution >= 4 is 0 Å². The molecule has 0 aromatic carbocycles. The van der Waals surface area contributed by atoms with Crippen LogP contribution in [0.15, 0.2) is 0 Å². The first-order valence-corrected chi connectivity index (χ1v) is 7.69. The summed E-state index contributed by atoms with van der Waals surface area (Å²) in [6, 6.07) is 0. The molecule has 8 nitrogen and oxygen atoms in total. The van der Waals surface area contributed by atoms with Gasteiger partial charge in [0.25, 0.3) is 0 Å². The Labute approximate surface area is 130 Å². The molecule has 2 aliphatic rings. The molecule has 6 N–H and O–H groups in total. The summed E-state index contributed by atoms with van der Waals surface area (Å²) >= 11 is 0. The van der Waals surface area contributed by atoms with Crippen LogP contribution in [0, 0.1) is 0 Å². The third-order valence-electron chi connectivity index (χ3n) is 3.27. The minimum atomic E-state index is -1.11. The van der Waals surface area contributed by atoms with E-state index in [1.807, 2.05) is 13.8 Å². The van der Waals surface area contributed by atoms with Crippen LogP contribution in [0.2, 0.25) is 0 Å². The molecule has 0 saturated carbocycles. The van der Waals surface area contributed by atoms with Gasteiger partial charge >= 0.3 is 0 Å². The van der Waals surface area contributed by atoms with E-state index < -0.39 is 31.2 Å². The maximum absolute atomic E-state index is 9.11. The van der Waals surface area contributed by atoms with Crippen LogP contribution in [-0.2, 0) is 9.47 Å². The van der Waals surface area contributed by atoms with Gasteiger partial charge in [0, 0.05) is 19.4 Å². The lowest BCUT2D eigenvalue weighted by Crippen LogP contribution is -2.49. The molecular formula is C14H30O8. The van der Waals surface area contributed by atoms with E-state index in [2.05, 4.69) is 0 Å². The van der Waals surface area contributed by atoms with Crippen LogP contribution in [0.5, 0.6) is 0 Å². The molecule has 6 atom stereocenters. The van der Waals surface area contributed by atoms with E-state index >= 15 is 0 Å². The van der Waals surface area contributed by atoms with Crippen LogP contribution >= 0.6 is 0 Å². The second kappa shape index (κ2) is 12.1. The van der Waals surface area contributed by atoms with E-state index in [0.29, 0.717) is 19.4 Å². The summed E-state index contributed by atoms with van der Waals surface area (Å²) in [6.07, 6.45) is -3.23. The van der Waals surface area contributed by atoms with Crippen molar-refractivity contribution in [2.75, 3.05) is 19.8 Å². The van der Waals surface area contributed by atoms with Gasteiger partial charge in [-0.2, -0.15) is 0 Å². The predicted molar refractivity (Wildman–Crippen MR) is 78.0 cm³/mol. The Morgan fingerprint density at radius 3 is 2.05 bits per heavy atom. The van der Waals surface area contributed by atoms with E-state index in [0.717, 1.165) is 0 Å². The first kappa shape index (κ1) is 21.7. The highest BCUT2D eigenvalue weighted by Gasteiger charge is 2.35. The summed E-state index contributed by atoms with van der Waals surface area (Å²) in [5.74, 6) is 0. The number of rotatable bonds is 2. The number of hydrogen-bond acceptors (Lipinski definition) is 8. The molecule has 0 aliphatic carbocycles. The van der Waals surface area contributed by atoms with Crippen LogP contribution in [0.3, 0.4) is 0 Å². The Balaban J connectivity index is 0.000000366. The van der Waals surface area contributed by atoms with E-state index in [4.69, 9.17) is 40.1 Å². The Bertz CT molecular complexity index is 265. The van der Waals surface area contributed by atoms with Crippen molar-refractivity contribution in [1.29, 1.82) is 0 Å². The van der Waals surface area contributed by atoms with Gasteiger partial charge in [-0.1, -0.05) is 13.8 Å². The molecular weight excluding hydrogens is 296 g/mol. The topological polar surface area (TPSA) is 140 Å². The fourth-order valence-corrected chi connectivity index (χ4v) is 2.07. The van der Waals surface area contributed by atoms with Crippen molar-refractivity contribution in [3.63, 3.8) is 0 Å². The van der Waals surface area contributed by atoms with Crippen molar-refractivity contribution < 1.29 is 40.1 Å². The van der Waals surface area contributed by atoms with Crippen molar-refractivity contribution in [1.82, 2.24) is 0 Å². The Morgan fingerprint density at radius 2 is 1.59 bits per heavy atom. The van der Waals surface area contributed by atoms with Crippen LogP contribution < -0.4 is 0 Å². The molecule has 0 aromatic heterocycles. The lowest BCUT2D eigenvalue weighted by atomic mass is 10.0.